The molecule has 0 nitrogen and oxygen atoms in total. The maximum Gasteiger partial charge on any atom is 0.0125 e. The van der Waals surface area contributed by atoms with Gasteiger partial charge in [0.1, 0.15) is 0 Å². The van der Waals surface area contributed by atoms with Gasteiger partial charge in [0.25, 0.3) is 0 Å². The van der Waals surface area contributed by atoms with E-state index in [4.69, 9.17) is 0 Å². The highest BCUT2D eigenvalue weighted by molar-refractivity contribution is 14.2. The lowest BCUT2D eigenvalue weighted by Gasteiger charge is -1.60. The third-order valence-electron chi connectivity index (χ3n) is 0. The lowest BCUT2D eigenvalue weighted by molar-refractivity contribution is 6.14. The summed E-state index contributed by atoms with van der Waals surface area (Å²) in [6.07, 6.45) is 0. The van der Waals surface area contributed by atoms with Crippen molar-refractivity contribution in [3.05, 3.63) is 0 Å². The van der Waals surface area contributed by atoms with Crippen molar-refractivity contribution in [2.75, 3.05) is 0 Å². The summed E-state index contributed by atoms with van der Waals surface area (Å²) < 4.78 is 0. The van der Waals surface area contributed by atoms with E-state index in [0.29, 0.717) is 0 Å². The number of hydrogen-bond acceptors (Lipinski definition) is 1. The smallest absolute Gasteiger partial charge is 0.0125 e. The summed E-state index contributed by atoms with van der Waals surface area (Å²) in [6.45, 7) is 0. The number of hydrogen-bond donors (Lipinski definition) is 1. The quantitative estimate of drug-likeness (QED) is 0.280. The average molecular weight is 224 g/mol. The van der Waals surface area contributed by atoms with Crippen LogP contribution in [0.25, 0.3) is 0 Å². The van der Waals surface area contributed by atoms with Crippen LogP contribution in [-0.4, -0.2) is 0 Å². The van der Waals surface area contributed by atoms with Crippen LogP contribution in [-0.2, 0) is 16.8 Å². The minimum Gasteiger partial charge on any atom is -0.0965 e. The molecule has 0 heterocycles. The van der Waals surface area contributed by atoms with Gasteiger partial charge in [0.2, 0.25) is 0 Å². The fraction of sp³-hybridized carbons (Fsp3) is 0. The first-order chi connectivity index (χ1) is 1.73. The standard InChI is InChI=1S/HIS3/c1-4(2)3/h(H,2,3). The van der Waals surface area contributed by atoms with E-state index < -0.39 is 0 Å². The molecule has 4 heavy (non-hydrogen) atoms. The SMILES string of the molecule is S=S(S)I. The van der Waals surface area contributed by atoms with E-state index in [-0.39, 0.29) is 5.66 Å². The van der Waals surface area contributed by atoms with Crippen LogP contribution in [0.5, 0.6) is 0 Å². The highest BCUT2D eigenvalue weighted by Crippen LogP contribution is 1.96. The highest BCUT2D eigenvalue weighted by Gasteiger charge is 1.56. The fourth-order valence-corrected chi connectivity index (χ4v) is 0. The Balaban J connectivity index is 2.80. The van der Waals surface area contributed by atoms with Gasteiger partial charge in [0.15, 0.2) is 0 Å². The maximum absolute atomic E-state index is 4.50. The summed E-state index contributed by atoms with van der Waals surface area (Å²) in [5.74, 6) is 0. The molecule has 0 radical (unpaired) electrons. The molecule has 0 rings (SSSR count). The molecule has 0 aromatic carbocycles. The molecule has 0 amide bonds. The minimum absolute atomic E-state index is 0.113. The number of rotatable bonds is 0. The molecular formula is HIS3. The molecule has 1 atom stereocenters. The zero-order valence-corrected chi connectivity index (χ0v) is 6.33. The second kappa shape index (κ2) is 2.87. The van der Waals surface area contributed by atoms with Crippen molar-refractivity contribution in [2.45, 2.75) is 0 Å². The van der Waals surface area contributed by atoms with E-state index >= 15 is 0 Å². The molecule has 0 N–H and O–H groups in total. The van der Waals surface area contributed by atoms with Crippen LogP contribution in [0.15, 0.2) is 0 Å². The van der Waals surface area contributed by atoms with E-state index in [9.17, 15) is 0 Å². The third kappa shape index (κ3) is 9.41. The van der Waals surface area contributed by atoms with Gasteiger partial charge in [0.05, 0.1) is 0 Å². The predicted molar refractivity (Wildman–Crippen MR) is 37.7 cm³/mol. The van der Waals surface area contributed by atoms with Gasteiger partial charge in [-0.2, -0.15) is 0 Å². The Morgan fingerprint density at radius 2 is 2.00 bits per heavy atom. The van der Waals surface area contributed by atoms with E-state index in [1.807, 2.05) is 0 Å². The Morgan fingerprint density at radius 1 is 2.00 bits per heavy atom. The molecule has 0 bridgehead atoms. The largest absolute Gasteiger partial charge is 0.0965 e. The monoisotopic (exact) mass is 224 g/mol. The van der Waals surface area contributed by atoms with Crippen molar-refractivity contribution in [3.8, 4) is 0 Å². The summed E-state index contributed by atoms with van der Waals surface area (Å²) in [4.78, 5) is 0. The number of thiol groups is 1. The average Bonchev–Trinajstić information content (AvgIpc) is 0.811. The highest BCUT2D eigenvalue weighted by atomic mass is 127. The Hall–Kier alpha value is 1.65. The van der Waals surface area contributed by atoms with Crippen molar-refractivity contribution >= 4 is 49.7 Å². The zero-order chi connectivity index (χ0) is 3.58. The molecule has 0 aromatic rings. The summed E-state index contributed by atoms with van der Waals surface area (Å²) >= 11 is 10.3. The Bertz CT molecular complexity index is 26.3. The molecule has 0 fully saturated rings. The molecule has 0 aliphatic rings. The molecular weight excluding hydrogens is 223 g/mol. The van der Waals surface area contributed by atoms with Gasteiger partial charge in [-0.05, 0) is 16.8 Å². The maximum atomic E-state index is 4.50. The van der Waals surface area contributed by atoms with Gasteiger partial charge in [-0.3, -0.25) is 0 Å². The Labute approximate surface area is 49.3 Å². The van der Waals surface area contributed by atoms with Crippen LogP contribution in [0.1, 0.15) is 0 Å². The molecule has 1 unspecified atom stereocenters. The third-order valence-corrected chi connectivity index (χ3v) is 0. The molecule has 26 valence electrons. The second-order valence-electron chi connectivity index (χ2n) is 0.207. The van der Waals surface area contributed by atoms with Crippen molar-refractivity contribution in [3.63, 3.8) is 0 Å². The van der Waals surface area contributed by atoms with E-state index in [1.54, 1.807) is 0 Å². The first-order valence-electron chi connectivity index (χ1n) is 0.504. The molecule has 4 heteroatoms. The summed E-state index contributed by atoms with van der Waals surface area (Å²) in [5, 5.41) is 0. The van der Waals surface area contributed by atoms with Gasteiger partial charge in [-0.15, -0.1) is 0 Å². The molecule has 0 aromatic heterocycles. The van der Waals surface area contributed by atoms with Crippen molar-refractivity contribution in [1.82, 2.24) is 0 Å². The fourth-order valence-electron chi connectivity index (χ4n) is 0. The van der Waals surface area contributed by atoms with Crippen LogP contribution in [0.4, 0.5) is 0 Å². The van der Waals surface area contributed by atoms with Crippen LogP contribution >= 0.6 is 32.9 Å². The van der Waals surface area contributed by atoms with Crippen molar-refractivity contribution in [2.24, 2.45) is 0 Å². The first kappa shape index (κ1) is 5.65. The van der Waals surface area contributed by atoms with Gasteiger partial charge >= 0.3 is 0 Å². The molecule has 0 aliphatic heterocycles. The normalized spacial score (nSPS) is 15.5. The second-order valence-corrected chi connectivity index (χ2v) is 9.98. The minimum atomic E-state index is -0.113. The van der Waals surface area contributed by atoms with Gasteiger partial charge in [-0.25, -0.2) is 0 Å². The molecule has 0 saturated heterocycles. The van der Waals surface area contributed by atoms with Gasteiger partial charge in [-0.1, -0.05) is 11.7 Å². The van der Waals surface area contributed by atoms with Gasteiger partial charge in [0, 0.05) is 21.2 Å². The van der Waals surface area contributed by atoms with Crippen LogP contribution in [0, 0.1) is 0 Å². The van der Waals surface area contributed by atoms with Crippen LogP contribution < -0.4 is 0 Å². The molecule has 0 saturated carbocycles. The molecule has 0 aliphatic carbocycles. The van der Waals surface area contributed by atoms with E-state index in [0.717, 1.165) is 0 Å². The summed E-state index contributed by atoms with van der Waals surface area (Å²) in [7, 11) is 0. The Morgan fingerprint density at radius 3 is 2.00 bits per heavy atom. The summed E-state index contributed by atoms with van der Waals surface area (Å²) in [6, 6.07) is 0. The number of halogens is 1. The van der Waals surface area contributed by atoms with Gasteiger partial charge < -0.3 is 0 Å². The van der Waals surface area contributed by atoms with Crippen molar-refractivity contribution < 1.29 is 0 Å². The molecule has 0 spiro atoms. The predicted octanol–water partition coefficient (Wildman–Crippen LogP) is 1.26. The topological polar surface area (TPSA) is 0 Å². The van der Waals surface area contributed by atoms with Crippen LogP contribution in [0.3, 0.4) is 0 Å². The van der Waals surface area contributed by atoms with E-state index in [1.165, 1.54) is 0 Å². The summed E-state index contributed by atoms with van der Waals surface area (Å²) in [5.41, 5.74) is -0.113. The lowest BCUT2D eigenvalue weighted by atomic mass is 30.8. The first-order valence-corrected chi connectivity index (χ1v) is 6.25. The zero-order valence-electron chi connectivity index (χ0n) is 1.64. The van der Waals surface area contributed by atoms with E-state index in [2.05, 4.69) is 44.1 Å². The lowest BCUT2D eigenvalue weighted by Crippen LogP contribution is -1.33. The Kier molecular flexibility index (Phi) is 4.05. The van der Waals surface area contributed by atoms with Crippen molar-refractivity contribution in [1.29, 1.82) is 0 Å². The van der Waals surface area contributed by atoms with Crippen LogP contribution in [0.2, 0.25) is 0 Å².